The lowest BCUT2D eigenvalue weighted by molar-refractivity contribution is -0.112. The van der Waals surface area contributed by atoms with Crippen LogP contribution < -0.4 is 5.32 Å². The van der Waals surface area contributed by atoms with Crippen molar-refractivity contribution < 1.29 is 9.59 Å². The molecule has 6 heteroatoms. The fourth-order valence-electron chi connectivity index (χ4n) is 2.00. The highest BCUT2D eigenvalue weighted by Gasteiger charge is 2.20. The van der Waals surface area contributed by atoms with Crippen molar-refractivity contribution in [1.29, 1.82) is 0 Å². The number of anilines is 1. The largest absolute Gasteiger partial charge is 0.360 e. The molecule has 21 heavy (non-hydrogen) atoms. The number of hydrogen-bond acceptors (Lipinski definition) is 3. The molecule has 2 heterocycles. The van der Waals surface area contributed by atoms with Gasteiger partial charge in [-0.05, 0) is 34.1 Å². The van der Waals surface area contributed by atoms with E-state index in [9.17, 15) is 9.59 Å². The van der Waals surface area contributed by atoms with E-state index in [1.54, 1.807) is 30.6 Å². The number of benzene rings is 1. The zero-order chi connectivity index (χ0) is 14.8. The van der Waals surface area contributed by atoms with Gasteiger partial charge in [0.1, 0.15) is 5.82 Å². The molecular weight excluding hydrogens is 334 g/mol. The number of para-hydroxylation sites is 1. The number of Topliss-reactive ketones (excluding diaryl/α,β-unsaturated/α-hetero) is 1. The molecule has 0 atom stereocenters. The Morgan fingerprint density at radius 2 is 1.95 bits per heavy atom. The fraction of sp³-hybridized carbons (Fsp3) is 0. The number of hydrogen-bond donors (Lipinski definition) is 2. The van der Waals surface area contributed by atoms with Crippen molar-refractivity contribution >= 4 is 44.3 Å². The fourth-order valence-corrected chi connectivity index (χ4v) is 2.24. The van der Waals surface area contributed by atoms with Crippen LogP contribution in [0.4, 0.5) is 5.82 Å². The Kier molecular flexibility index (Phi) is 3.53. The molecule has 0 saturated heterocycles. The van der Waals surface area contributed by atoms with Crippen LogP contribution in [0, 0.1) is 0 Å². The average Bonchev–Trinajstić information content (AvgIpc) is 2.92. The Bertz CT molecular complexity index is 824. The number of carbonyl (C=O) groups is 2. The summed E-state index contributed by atoms with van der Waals surface area (Å²) in [5.74, 6) is -0.983. The summed E-state index contributed by atoms with van der Waals surface area (Å²) >= 11 is 3.25. The number of carbonyl (C=O) groups excluding carboxylic acids is 2. The molecule has 5 nitrogen and oxygen atoms in total. The van der Waals surface area contributed by atoms with Crippen molar-refractivity contribution in [3.05, 3.63) is 58.8 Å². The second-order valence-corrected chi connectivity index (χ2v) is 5.31. The SMILES string of the molecule is O=C(Nc1ccc(Br)cn1)C(=O)c1c[nH]c2ccccc12. The molecule has 1 aromatic carbocycles. The van der Waals surface area contributed by atoms with E-state index >= 15 is 0 Å². The first-order chi connectivity index (χ1) is 10.1. The molecule has 2 N–H and O–H groups in total. The summed E-state index contributed by atoms with van der Waals surface area (Å²) in [6.07, 6.45) is 3.09. The van der Waals surface area contributed by atoms with Crippen LogP contribution in [0.5, 0.6) is 0 Å². The number of aromatic amines is 1. The molecule has 3 aromatic rings. The third kappa shape index (κ3) is 2.71. The van der Waals surface area contributed by atoms with Gasteiger partial charge >= 0.3 is 0 Å². The molecule has 0 fully saturated rings. The summed E-state index contributed by atoms with van der Waals surface area (Å²) < 4.78 is 0.795. The number of rotatable bonds is 3. The number of halogens is 1. The van der Waals surface area contributed by atoms with Gasteiger partial charge < -0.3 is 10.3 Å². The predicted octanol–water partition coefficient (Wildman–Crippen LogP) is 3.15. The maximum Gasteiger partial charge on any atom is 0.298 e. The standard InChI is InChI=1S/C15H10BrN3O2/c16-9-5-6-13(18-7-9)19-15(21)14(20)11-8-17-12-4-2-1-3-10(11)12/h1-8,17H,(H,18,19,21). The van der Waals surface area contributed by atoms with Crippen molar-refractivity contribution in [2.45, 2.75) is 0 Å². The molecule has 0 unspecified atom stereocenters. The summed E-state index contributed by atoms with van der Waals surface area (Å²) in [7, 11) is 0. The highest BCUT2D eigenvalue weighted by atomic mass is 79.9. The number of nitrogens with zero attached hydrogens (tertiary/aromatic N) is 1. The van der Waals surface area contributed by atoms with Gasteiger partial charge in [0.05, 0.1) is 5.56 Å². The van der Waals surface area contributed by atoms with Gasteiger partial charge in [-0.3, -0.25) is 9.59 Å². The Hall–Kier alpha value is -2.47. The topological polar surface area (TPSA) is 74.8 Å². The van der Waals surface area contributed by atoms with Crippen molar-refractivity contribution in [3.63, 3.8) is 0 Å². The van der Waals surface area contributed by atoms with E-state index in [0.717, 1.165) is 15.4 Å². The summed E-state index contributed by atoms with van der Waals surface area (Å²) in [5, 5.41) is 3.21. The molecule has 2 aromatic heterocycles. The lowest BCUT2D eigenvalue weighted by Crippen LogP contribution is -2.23. The van der Waals surface area contributed by atoms with Gasteiger partial charge in [-0.15, -0.1) is 0 Å². The quantitative estimate of drug-likeness (QED) is 0.566. The van der Waals surface area contributed by atoms with E-state index < -0.39 is 11.7 Å². The van der Waals surface area contributed by atoms with Crippen molar-refractivity contribution in [2.75, 3.05) is 5.32 Å². The minimum Gasteiger partial charge on any atom is -0.360 e. The van der Waals surface area contributed by atoms with Crippen LogP contribution in [0.1, 0.15) is 10.4 Å². The Labute approximate surface area is 128 Å². The van der Waals surface area contributed by atoms with Crippen LogP contribution in [0.15, 0.2) is 53.3 Å². The molecule has 0 saturated carbocycles. The normalized spacial score (nSPS) is 10.5. The average molecular weight is 344 g/mol. The van der Waals surface area contributed by atoms with Crippen LogP contribution in [-0.2, 0) is 4.79 Å². The van der Waals surface area contributed by atoms with Gasteiger partial charge in [-0.25, -0.2) is 4.98 Å². The van der Waals surface area contributed by atoms with Crippen molar-refractivity contribution in [2.24, 2.45) is 0 Å². The van der Waals surface area contributed by atoms with Gasteiger partial charge in [0.2, 0.25) is 0 Å². The highest BCUT2D eigenvalue weighted by molar-refractivity contribution is 9.10. The van der Waals surface area contributed by atoms with Crippen molar-refractivity contribution in [1.82, 2.24) is 9.97 Å². The Balaban J connectivity index is 1.84. The smallest absolute Gasteiger partial charge is 0.298 e. The highest BCUT2D eigenvalue weighted by Crippen LogP contribution is 2.18. The van der Waals surface area contributed by atoms with Crippen LogP contribution in [-0.4, -0.2) is 21.7 Å². The van der Waals surface area contributed by atoms with Gasteiger partial charge in [0.15, 0.2) is 0 Å². The van der Waals surface area contributed by atoms with Gasteiger partial charge in [0.25, 0.3) is 11.7 Å². The molecule has 104 valence electrons. The van der Waals surface area contributed by atoms with Crippen LogP contribution in [0.2, 0.25) is 0 Å². The molecule has 0 spiro atoms. The van der Waals surface area contributed by atoms with Crippen LogP contribution in [0.25, 0.3) is 10.9 Å². The number of fused-ring (bicyclic) bond motifs is 1. The lowest BCUT2D eigenvalue weighted by atomic mass is 10.1. The lowest BCUT2D eigenvalue weighted by Gasteiger charge is -2.03. The molecule has 0 bridgehead atoms. The summed E-state index contributed by atoms with van der Waals surface area (Å²) in [6.45, 7) is 0. The minimum absolute atomic E-state index is 0.330. The van der Waals surface area contributed by atoms with Crippen LogP contribution >= 0.6 is 15.9 Å². The molecule has 0 aliphatic rings. The van der Waals surface area contributed by atoms with Crippen molar-refractivity contribution in [3.8, 4) is 0 Å². The van der Waals surface area contributed by atoms with E-state index in [1.807, 2.05) is 18.2 Å². The van der Waals surface area contributed by atoms with Gasteiger partial charge in [-0.1, -0.05) is 18.2 Å². The first-order valence-corrected chi connectivity index (χ1v) is 6.98. The van der Waals surface area contributed by atoms with E-state index in [2.05, 4.69) is 31.2 Å². The van der Waals surface area contributed by atoms with E-state index in [0.29, 0.717) is 11.4 Å². The van der Waals surface area contributed by atoms with Gasteiger partial charge in [-0.2, -0.15) is 0 Å². The number of amides is 1. The third-order valence-electron chi connectivity index (χ3n) is 3.01. The second kappa shape index (κ2) is 5.49. The molecule has 0 radical (unpaired) electrons. The number of pyridine rings is 1. The zero-order valence-corrected chi connectivity index (χ0v) is 12.3. The number of ketones is 1. The van der Waals surface area contributed by atoms with Gasteiger partial charge in [0, 0.05) is 27.8 Å². The second-order valence-electron chi connectivity index (χ2n) is 4.39. The summed E-state index contributed by atoms with van der Waals surface area (Å²) in [4.78, 5) is 31.2. The van der Waals surface area contributed by atoms with E-state index in [1.165, 1.54) is 0 Å². The zero-order valence-electron chi connectivity index (χ0n) is 10.8. The predicted molar refractivity (Wildman–Crippen MR) is 83.2 cm³/mol. The summed E-state index contributed by atoms with van der Waals surface area (Å²) in [6, 6.07) is 10.7. The first-order valence-electron chi connectivity index (χ1n) is 6.18. The van der Waals surface area contributed by atoms with E-state index in [4.69, 9.17) is 0 Å². The maximum absolute atomic E-state index is 12.2. The minimum atomic E-state index is -0.713. The Morgan fingerprint density at radius 1 is 1.14 bits per heavy atom. The molecule has 3 rings (SSSR count). The molecular formula is C15H10BrN3O2. The monoisotopic (exact) mass is 343 g/mol. The number of aromatic nitrogens is 2. The molecule has 0 aliphatic carbocycles. The summed E-state index contributed by atoms with van der Waals surface area (Å²) in [5.41, 5.74) is 1.16. The first kappa shape index (κ1) is 13.5. The molecule has 0 aliphatic heterocycles. The van der Waals surface area contributed by atoms with Crippen LogP contribution in [0.3, 0.4) is 0 Å². The maximum atomic E-state index is 12.2. The number of H-pyrrole nitrogens is 1. The Morgan fingerprint density at radius 3 is 2.71 bits per heavy atom. The van der Waals surface area contributed by atoms with E-state index in [-0.39, 0.29) is 0 Å². The molecule has 1 amide bonds. The third-order valence-corrected chi connectivity index (χ3v) is 3.48. The number of nitrogens with one attached hydrogen (secondary N) is 2.